The lowest BCUT2D eigenvalue weighted by atomic mass is 10.1. The Morgan fingerprint density at radius 1 is 1.25 bits per heavy atom. The summed E-state index contributed by atoms with van der Waals surface area (Å²) in [6.45, 7) is 2.53. The van der Waals surface area contributed by atoms with E-state index in [1.54, 1.807) is 6.07 Å². The predicted octanol–water partition coefficient (Wildman–Crippen LogP) is 2.22. The van der Waals surface area contributed by atoms with E-state index in [1.807, 2.05) is 35.9 Å². The van der Waals surface area contributed by atoms with Gasteiger partial charge in [0.25, 0.3) is 0 Å². The van der Waals surface area contributed by atoms with E-state index in [0.29, 0.717) is 12.2 Å². The van der Waals surface area contributed by atoms with E-state index in [9.17, 15) is 8.42 Å². The van der Waals surface area contributed by atoms with E-state index in [1.165, 1.54) is 12.4 Å². The van der Waals surface area contributed by atoms with Crippen LogP contribution in [0.25, 0.3) is 0 Å². The van der Waals surface area contributed by atoms with Crippen LogP contribution in [0, 0.1) is 6.92 Å². The Bertz CT molecular complexity index is 702. The lowest BCUT2D eigenvalue weighted by Gasteiger charge is -2.12. The summed E-state index contributed by atoms with van der Waals surface area (Å²) in [5, 5.41) is 3.10. The van der Waals surface area contributed by atoms with Gasteiger partial charge in [0.2, 0.25) is 0 Å². The fourth-order valence-corrected chi connectivity index (χ4v) is 2.23. The van der Waals surface area contributed by atoms with Crippen LogP contribution in [0.4, 0.5) is 11.4 Å². The van der Waals surface area contributed by atoms with E-state index >= 15 is 0 Å². The van der Waals surface area contributed by atoms with Gasteiger partial charge in [0, 0.05) is 12.7 Å². The lowest BCUT2D eigenvalue weighted by molar-refractivity contribution is 0.489. The zero-order valence-electron chi connectivity index (χ0n) is 10.9. The number of pyridine rings is 1. The van der Waals surface area contributed by atoms with Crippen molar-refractivity contribution in [3.63, 3.8) is 0 Å². The SMILES string of the molecule is Cc1cccc(CNc2ccncc2NS(=O)(=O)O)c1. The summed E-state index contributed by atoms with van der Waals surface area (Å²) in [7, 11) is -4.32. The van der Waals surface area contributed by atoms with Gasteiger partial charge in [-0.3, -0.25) is 14.3 Å². The van der Waals surface area contributed by atoms with Crippen LogP contribution in [-0.4, -0.2) is 18.0 Å². The molecule has 106 valence electrons. The molecule has 0 bridgehead atoms. The largest absolute Gasteiger partial charge is 0.379 e. The molecule has 1 aromatic carbocycles. The third-order valence-corrected chi connectivity index (χ3v) is 3.10. The normalized spacial score (nSPS) is 11.1. The highest BCUT2D eigenvalue weighted by molar-refractivity contribution is 7.87. The molecule has 0 aliphatic carbocycles. The molecule has 0 spiro atoms. The number of hydrogen-bond acceptors (Lipinski definition) is 4. The van der Waals surface area contributed by atoms with Crippen molar-refractivity contribution in [2.24, 2.45) is 0 Å². The van der Waals surface area contributed by atoms with Gasteiger partial charge in [-0.25, -0.2) is 0 Å². The Hall–Kier alpha value is -2.12. The van der Waals surface area contributed by atoms with Crippen LogP contribution in [0.2, 0.25) is 0 Å². The number of aryl methyl sites for hydroxylation is 1. The Kier molecular flexibility index (Phi) is 4.21. The first-order valence-corrected chi connectivity index (χ1v) is 7.37. The number of hydrogen-bond donors (Lipinski definition) is 3. The van der Waals surface area contributed by atoms with Crippen molar-refractivity contribution in [2.75, 3.05) is 10.0 Å². The molecule has 0 atom stereocenters. The maximum atomic E-state index is 10.9. The number of aromatic nitrogens is 1. The van der Waals surface area contributed by atoms with Crippen molar-refractivity contribution in [3.05, 3.63) is 53.9 Å². The zero-order chi connectivity index (χ0) is 14.6. The van der Waals surface area contributed by atoms with Gasteiger partial charge in [-0.1, -0.05) is 29.8 Å². The van der Waals surface area contributed by atoms with Crippen LogP contribution in [0.5, 0.6) is 0 Å². The topological polar surface area (TPSA) is 91.3 Å². The number of rotatable bonds is 5. The second-order valence-electron chi connectivity index (χ2n) is 4.34. The average Bonchev–Trinajstić information content (AvgIpc) is 2.36. The molecule has 6 nitrogen and oxygen atoms in total. The standard InChI is InChI=1S/C13H15N3O3S/c1-10-3-2-4-11(7-10)8-15-12-5-6-14-9-13(12)16-20(17,18)19/h2-7,9,16H,8H2,1H3,(H,14,15)(H,17,18,19). The van der Waals surface area contributed by atoms with Crippen molar-refractivity contribution in [2.45, 2.75) is 13.5 Å². The molecule has 1 aromatic heterocycles. The molecule has 0 saturated heterocycles. The summed E-state index contributed by atoms with van der Waals surface area (Å²) in [5.41, 5.74) is 2.96. The van der Waals surface area contributed by atoms with Crippen LogP contribution in [0.3, 0.4) is 0 Å². The zero-order valence-corrected chi connectivity index (χ0v) is 11.7. The molecular formula is C13H15N3O3S. The molecule has 0 saturated carbocycles. The van der Waals surface area contributed by atoms with Gasteiger partial charge in [-0.2, -0.15) is 8.42 Å². The first-order chi connectivity index (χ1) is 9.44. The van der Waals surface area contributed by atoms with Crippen molar-refractivity contribution in [1.29, 1.82) is 0 Å². The van der Waals surface area contributed by atoms with E-state index in [4.69, 9.17) is 4.55 Å². The van der Waals surface area contributed by atoms with Crippen molar-refractivity contribution in [1.82, 2.24) is 4.98 Å². The second-order valence-corrected chi connectivity index (χ2v) is 5.50. The summed E-state index contributed by atoms with van der Waals surface area (Å²) in [6.07, 6.45) is 2.86. The second kappa shape index (κ2) is 5.89. The molecular weight excluding hydrogens is 278 g/mol. The summed E-state index contributed by atoms with van der Waals surface area (Å²) in [5.74, 6) is 0. The van der Waals surface area contributed by atoms with E-state index < -0.39 is 10.3 Å². The van der Waals surface area contributed by atoms with Crippen LogP contribution < -0.4 is 10.0 Å². The fourth-order valence-electron chi connectivity index (χ4n) is 1.79. The molecule has 1 heterocycles. The van der Waals surface area contributed by atoms with Crippen molar-refractivity contribution < 1.29 is 13.0 Å². The van der Waals surface area contributed by atoms with Gasteiger partial charge in [-0.05, 0) is 18.6 Å². The Labute approximate surface area is 117 Å². The minimum atomic E-state index is -4.32. The Balaban J connectivity index is 2.13. The molecule has 0 aliphatic heterocycles. The molecule has 2 rings (SSSR count). The maximum absolute atomic E-state index is 10.9. The molecule has 0 aliphatic rings. The quantitative estimate of drug-likeness (QED) is 0.735. The number of nitrogens with zero attached hydrogens (tertiary/aromatic N) is 1. The summed E-state index contributed by atoms with van der Waals surface area (Å²) >= 11 is 0. The monoisotopic (exact) mass is 293 g/mol. The highest BCUT2D eigenvalue weighted by atomic mass is 32.2. The average molecular weight is 293 g/mol. The number of nitrogens with one attached hydrogen (secondary N) is 2. The Morgan fingerprint density at radius 3 is 2.75 bits per heavy atom. The van der Waals surface area contributed by atoms with Gasteiger partial charge < -0.3 is 5.32 Å². The first-order valence-electron chi connectivity index (χ1n) is 5.93. The number of benzene rings is 1. The Morgan fingerprint density at radius 2 is 2.05 bits per heavy atom. The first kappa shape index (κ1) is 14.3. The maximum Gasteiger partial charge on any atom is 0.357 e. The van der Waals surface area contributed by atoms with Crippen molar-refractivity contribution in [3.8, 4) is 0 Å². The van der Waals surface area contributed by atoms with E-state index in [-0.39, 0.29) is 5.69 Å². The van der Waals surface area contributed by atoms with Gasteiger partial charge in [0.1, 0.15) is 0 Å². The van der Waals surface area contributed by atoms with Crippen LogP contribution in [-0.2, 0) is 16.8 Å². The molecule has 2 aromatic rings. The minimum Gasteiger partial charge on any atom is -0.379 e. The summed E-state index contributed by atoms with van der Waals surface area (Å²) < 4.78 is 32.5. The van der Waals surface area contributed by atoms with Gasteiger partial charge in [0.05, 0.1) is 17.6 Å². The van der Waals surface area contributed by atoms with Crippen LogP contribution in [0.15, 0.2) is 42.7 Å². The fraction of sp³-hybridized carbons (Fsp3) is 0.154. The third kappa shape index (κ3) is 4.22. The van der Waals surface area contributed by atoms with Gasteiger partial charge in [-0.15, -0.1) is 0 Å². The molecule has 0 fully saturated rings. The smallest absolute Gasteiger partial charge is 0.357 e. The summed E-state index contributed by atoms with van der Waals surface area (Å²) in [6, 6.07) is 9.59. The van der Waals surface area contributed by atoms with Crippen LogP contribution in [0.1, 0.15) is 11.1 Å². The number of anilines is 2. The van der Waals surface area contributed by atoms with E-state index in [2.05, 4.69) is 10.3 Å². The van der Waals surface area contributed by atoms with E-state index in [0.717, 1.165) is 11.1 Å². The molecule has 0 radical (unpaired) electrons. The van der Waals surface area contributed by atoms with Gasteiger partial charge in [0.15, 0.2) is 0 Å². The minimum absolute atomic E-state index is 0.197. The molecule has 20 heavy (non-hydrogen) atoms. The molecule has 0 amide bonds. The highest BCUT2D eigenvalue weighted by Gasteiger charge is 2.08. The molecule has 3 N–H and O–H groups in total. The van der Waals surface area contributed by atoms with Crippen LogP contribution >= 0.6 is 0 Å². The molecule has 7 heteroatoms. The summed E-state index contributed by atoms with van der Waals surface area (Å²) in [4.78, 5) is 3.82. The lowest BCUT2D eigenvalue weighted by Crippen LogP contribution is -2.12. The molecule has 0 unspecified atom stereocenters. The highest BCUT2D eigenvalue weighted by Crippen LogP contribution is 2.21. The predicted molar refractivity (Wildman–Crippen MR) is 77.9 cm³/mol. The van der Waals surface area contributed by atoms with Crippen molar-refractivity contribution >= 4 is 21.7 Å². The van der Waals surface area contributed by atoms with Gasteiger partial charge >= 0.3 is 10.3 Å². The third-order valence-electron chi connectivity index (χ3n) is 2.63.